The lowest BCUT2D eigenvalue weighted by molar-refractivity contribution is 0.202. The van der Waals surface area contributed by atoms with Crippen LogP contribution in [-0.4, -0.2) is 33.4 Å². The van der Waals surface area contributed by atoms with E-state index in [1.54, 1.807) is 43.6 Å². The lowest BCUT2D eigenvalue weighted by atomic mass is 10.1. The maximum Gasteiger partial charge on any atom is 0.317 e. The number of urea groups is 1. The first-order chi connectivity index (χ1) is 11.4. The van der Waals surface area contributed by atoms with E-state index in [1.807, 2.05) is 6.07 Å². The van der Waals surface area contributed by atoms with Crippen molar-refractivity contribution < 1.29 is 17.6 Å². The molecule has 24 heavy (non-hydrogen) atoms. The van der Waals surface area contributed by atoms with Crippen LogP contribution in [0, 0.1) is 0 Å². The van der Waals surface area contributed by atoms with E-state index in [0.717, 1.165) is 5.56 Å². The molecule has 0 saturated heterocycles. The van der Waals surface area contributed by atoms with Gasteiger partial charge in [-0.15, -0.1) is 0 Å². The van der Waals surface area contributed by atoms with Crippen LogP contribution in [0.3, 0.4) is 0 Å². The topological polar surface area (TPSA) is 91.7 Å². The van der Waals surface area contributed by atoms with Gasteiger partial charge in [-0.05, 0) is 30.3 Å². The Hall–Kier alpha value is -2.32. The van der Waals surface area contributed by atoms with Crippen molar-refractivity contribution in [2.75, 3.05) is 14.1 Å². The van der Waals surface area contributed by atoms with E-state index in [4.69, 9.17) is 4.42 Å². The molecule has 0 fully saturated rings. The number of furan rings is 1. The van der Waals surface area contributed by atoms with Gasteiger partial charge < -0.3 is 14.6 Å². The standard InChI is InChI=1S/C16H21N3O4S/c1-17-24(21,22)12-14-6-3-5-13(9-14)10-18-16(20)19(2)11-15-7-4-8-23-15/h3-9,17H,10-12H2,1-2H3,(H,18,20). The second kappa shape index (κ2) is 7.98. The molecule has 0 aliphatic rings. The van der Waals surface area contributed by atoms with E-state index < -0.39 is 10.0 Å². The normalized spacial score (nSPS) is 11.2. The summed E-state index contributed by atoms with van der Waals surface area (Å²) in [4.78, 5) is 13.6. The molecule has 2 rings (SSSR count). The van der Waals surface area contributed by atoms with Crippen LogP contribution in [-0.2, 0) is 28.9 Å². The van der Waals surface area contributed by atoms with Gasteiger partial charge in [-0.2, -0.15) is 0 Å². The van der Waals surface area contributed by atoms with Crippen molar-refractivity contribution in [2.45, 2.75) is 18.8 Å². The predicted octanol–water partition coefficient (Wildman–Crippen LogP) is 1.67. The number of carbonyl (C=O) groups excluding carboxylic acids is 1. The van der Waals surface area contributed by atoms with Crippen molar-refractivity contribution in [3.05, 3.63) is 59.5 Å². The molecule has 0 unspecified atom stereocenters. The maximum absolute atomic E-state index is 12.1. The number of hydrogen-bond acceptors (Lipinski definition) is 4. The Morgan fingerprint density at radius 1 is 1.21 bits per heavy atom. The molecule has 7 nitrogen and oxygen atoms in total. The highest BCUT2D eigenvalue weighted by Crippen LogP contribution is 2.09. The van der Waals surface area contributed by atoms with Crippen molar-refractivity contribution in [1.82, 2.24) is 14.9 Å². The summed E-state index contributed by atoms with van der Waals surface area (Å²) in [5, 5.41) is 2.80. The van der Waals surface area contributed by atoms with Gasteiger partial charge in [0, 0.05) is 13.6 Å². The third-order valence-corrected chi connectivity index (χ3v) is 4.76. The maximum atomic E-state index is 12.1. The zero-order valence-electron chi connectivity index (χ0n) is 13.7. The minimum absolute atomic E-state index is 0.0936. The SMILES string of the molecule is CNS(=O)(=O)Cc1cccc(CNC(=O)N(C)Cc2ccco2)c1. The number of rotatable bonds is 7. The summed E-state index contributed by atoms with van der Waals surface area (Å²) >= 11 is 0. The average Bonchev–Trinajstić information content (AvgIpc) is 3.05. The Bertz CT molecular complexity index is 772. The fourth-order valence-corrected chi connectivity index (χ4v) is 2.90. The number of nitrogens with zero attached hydrogens (tertiary/aromatic N) is 1. The van der Waals surface area contributed by atoms with Crippen molar-refractivity contribution in [2.24, 2.45) is 0 Å². The average molecular weight is 351 g/mol. The molecule has 0 aliphatic heterocycles. The molecule has 0 atom stereocenters. The molecule has 8 heteroatoms. The molecule has 0 radical (unpaired) electrons. The molecular formula is C16H21N3O4S. The summed E-state index contributed by atoms with van der Waals surface area (Å²) in [6.45, 7) is 0.689. The van der Waals surface area contributed by atoms with Crippen LogP contribution >= 0.6 is 0 Å². The summed E-state index contributed by atoms with van der Waals surface area (Å²) in [7, 11) is -0.262. The molecule has 130 valence electrons. The smallest absolute Gasteiger partial charge is 0.317 e. The van der Waals surface area contributed by atoms with Gasteiger partial charge in [-0.25, -0.2) is 17.9 Å². The first kappa shape index (κ1) is 18.0. The second-order valence-corrected chi connectivity index (χ2v) is 7.30. The zero-order valence-corrected chi connectivity index (χ0v) is 14.5. The number of hydrogen-bond donors (Lipinski definition) is 2. The number of sulfonamides is 1. The molecule has 2 amide bonds. The fourth-order valence-electron chi connectivity index (χ4n) is 2.14. The van der Waals surface area contributed by atoms with Gasteiger partial charge in [-0.1, -0.05) is 24.3 Å². The number of amides is 2. The van der Waals surface area contributed by atoms with Crippen molar-refractivity contribution in [1.29, 1.82) is 0 Å². The highest BCUT2D eigenvalue weighted by Gasteiger charge is 2.11. The minimum atomic E-state index is -3.32. The Morgan fingerprint density at radius 2 is 1.96 bits per heavy atom. The number of nitrogens with one attached hydrogen (secondary N) is 2. The Labute approximate surface area is 141 Å². The predicted molar refractivity (Wildman–Crippen MR) is 90.5 cm³/mol. The first-order valence-corrected chi connectivity index (χ1v) is 9.05. The summed E-state index contributed by atoms with van der Waals surface area (Å²) in [6.07, 6.45) is 1.56. The highest BCUT2D eigenvalue weighted by atomic mass is 32.2. The van der Waals surface area contributed by atoms with E-state index in [2.05, 4.69) is 10.0 Å². The van der Waals surface area contributed by atoms with Crippen molar-refractivity contribution in [3.63, 3.8) is 0 Å². The molecule has 1 aromatic carbocycles. The van der Waals surface area contributed by atoms with Crippen LogP contribution in [0.2, 0.25) is 0 Å². The molecule has 1 heterocycles. The Kier molecular flexibility index (Phi) is 5.99. The summed E-state index contributed by atoms with van der Waals surface area (Å²) < 4.78 is 30.7. The van der Waals surface area contributed by atoms with Gasteiger partial charge in [0.1, 0.15) is 5.76 Å². The quantitative estimate of drug-likeness (QED) is 0.794. The van der Waals surface area contributed by atoms with Crippen LogP contribution in [0.4, 0.5) is 4.79 Å². The van der Waals surface area contributed by atoms with Crippen molar-refractivity contribution in [3.8, 4) is 0 Å². The van der Waals surface area contributed by atoms with Crippen LogP contribution in [0.5, 0.6) is 0 Å². The molecule has 0 bridgehead atoms. The van der Waals surface area contributed by atoms with Crippen LogP contribution in [0.25, 0.3) is 0 Å². The summed E-state index contributed by atoms with van der Waals surface area (Å²) in [5.41, 5.74) is 1.50. The van der Waals surface area contributed by atoms with Gasteiger partial charge in [0.25, 0.3) is 0 Å². The number of carbonyl (C=O) groups is 1. The third-order valence-electron chi connectivity index (χ3n) is 3.42. The summed E-state index contributed by atoms with van der Waals surface area (Å²) in [6, 6.07) is 10.4. The zero-order chi connectivity index (χ0) is 17.6. The monoisotopic (exact) mass is 351 g/mol. The molecule has 1 aromatic heterocycles. The lowest BCUT2D eigenvalue weighted by Gasteiger charge is -2.17. The number of benzene rings is 1. The highest BCUT2D eigenvalue weighted by molar-refractivity contribution is 7.88. The molecule has 2 N–H and O–H groups in total. The van der Waals surface area contributed by atoms with Gasteiger partial charge in [0.15, 0.2) is 0 Å². The van der Waals surface area contributed by atoms with E-state index >= 15 is 0 Å². The van der Waals surface area contributed by atoms with Gasteiger partial charge in [0.2, 0.25) is 10.0 Å². The molecule has 0 aliphatic carbocycles. The Balaban J connectivity index is 1.90. The lowest BCUT2D eigenvalue weighted by Crippen LogP contribution is -2.36. The van der Waals surface area contributed by atoms with Gasteiger partial charge in [0.05, 0.1) is 18.6 Å². The van der Waals surface area contributed by atoms with E-state index in [0.29, 0.717) is 24.4 Å². The van der Waals surface area contributed by atoms with Gasteiger partial charge >= 0.3 is 6.03 Å². The molecule has 0 saturated carbocycles. The third kappa shape index (κ3) is 5.39. The summed E-state index contributed by atoms with van der Waals surface area (Å²) in [5.74, 6) is 0.607. The molecule has 0 spiro atoms. The first-order valence-electron chi connectivity index (χ1n) is 7.40. The largest absolute Gasteiger partial charge is 0.467 e. The minimum Gasteiger partial charge on any atom is -0.467 e. The van der Waals surface area contributed by atoms with E-state index in [1.165, 1.54) is 11.9 Å². The van der Waals surface area contributed by atoms with Crippen LogP contribution in [0.15, 0.2) is 47.1 Å². The van der Waals surface area contributed by atoms with Gasteiger partial charge in [-0.3, -0.25) is 0 Å². The molecular weight excluding hydrogens is 330 g/mol. The van der Waals surface area contributed by atoms with Crippen molar-refractivity contribution >= 4 is 16.1 Å². The Morgan fingerprint density at radius 3 is 2.62 bits per heavy atom. The van der Waals surface area contributed by atoms with Crippen LogP contribution < -0.4 is 10.0 Å². The fraction of sp³-hybridized carbons (Fsp3) is 0.312. The van der Waals surface area contributed by atoms with E-state index in [-0.39, 0.29) is 11.8 Å². The van der Waals surface area contributed by atoms with Crippen LogP contribution in [0.1, 0.15) is 16.9 Å². The second-order valence-electron chi connectivity index (χ2n) is 5.38. The van der Waals surface area contributed by atoms with E-state index in [9.17, 15) is 13.2 Å². The molecule has 2 aromatic rings.